The van der Waals surface area contributed by atoms with Crippen LogP contribution in [0, 0.1) is 17.5 Å². The fraction of sp³-hybridized carbons (Fsp3) is 0.476. The Morgan fingerprint density at radius 1 is 1.19 bits per heavy atom. The Labute approximate surface area is 190 Å². The number of rotatable bonds is 5. The van der Waals surface area contributed by atoms with Gasteiger partial charge in [0.15, 0.2) is 17.3 Å². The molecule has 0 spiro atoms. The zero-order valence-corrected chi connectivity index (χ0v) is 16.5. The van der Waals surface area contributed by atoms with Gasteiger partial charge in [0, 0.05) is 31.6 Å². The molecule has 1 saturated carbocycles. The molecule has 0 amide bonds. The van der Waals surface area contributed by atoms with Crippen LogP contribution in [0.25, 0.3) is 11.2 Å². The van der Waals surface area contributed by atoms with Crippen LogP contribution in [0.4, 0.5) is 30.8 Å². The van der Waals surface area contributed by atoms with Crippen LogP contribution in [0.15, 0.2) is 18.3 Å². The maximum absolute atomic E-state index is 14.4. The van der Waals surface area contributed by atoms with Gasteiger partial charge in [-0.25, -0.2) is 23.1 Å². The quantitative estimate of drug-likeness (QED) is 0.541. The van der Waals surface area contributed by atoms with Gasteiger partial charge in [-0.15, -0.1) is 0 Å². The maximum Gasteiger partial charge on any atom is 0.224 e. The van der Waals surface area contributed by atoms with Crippen molar-refractivity contribution in [3.63, 3.8) is 0 Å². The van der Waals surface area contributed by atoms with E-state index in [2.05, 4.69) is 25.6 Å². The molecule has 1 aliphatic carbocycles. The number of aromatic nitrogens is 4. The molecule has 32 heavy (non-hydrogen) atoms. The summed E-state index contributed by atoms with van der Waals surface area (Å²) >= 11 is 0. The van der Waals surface area contributed by atoms with Crippen molar-refractivity contribution in [3.05, 3.63) is 35.8 Å². The molecule has 8 nitrogen and oxygen atoms in total. The van der Waals surface area contributed by atoms with Crippen LogP contribution in [0.3, 0.4) is 0 Å². The Kier molecular flexibility index (Phi) is 4.01. The van der Waals surface area contributed by atoms with Crippen LogP contribution in [-0.2, 0) is 4.74 Å². The number of fused-ring (bicyclic) bond motifs is 1. The van der Waals surface area contributed by atoms with Gasteiger partial charge in [0.1, 0.15) is 17.0 Å². The van der Waals surface area contributed by atoms with Crippen LogP contribution in [-0.4, -0.2) is 50.0 Å². The first kappa shape index (κ1) is 15.0. The van der Waals surface area contributed by atoms with Crippen molar-refractivity contribution in [3.8, 4) is 0 Å². The molecule has 1 aliphatic heterocycles. The monoisotopic (exact) mass is 454 g/mol. The van der Waals surface area contributed by atoms with E-state index in [4.69, 9.17) is 13.0 Å². The van der Waals surface area contributed by atoms with Gasteiger partial charge in [-0.1, -0.05) is 0 Å². The molecule has 0 bridgehead atoms. The lowest BCUT2D eigenvalue weighted by molar-refractivity contribution is 0.126. The number of nitrogens with zero attached hydrogens (tertiary/aromatic N) is 4. The lowest BCUT2D eigenvalue weighted by Crippen LogP contribution is -2.29. The van der Waals surface area contributed by atoms with Crippen molar-refractivity contribution in [1.29, 1.82) is 0 Å². The number of halogens is 3. The van der Waals surface area contributed by atoms with E-state index >= 15 is 0 Å². The first-order valence-electron chi connectivity index (χ1n) is 13.1. The van der Waals surface area contributed by atoms with Crippen molar-refractivity contribution < 1.29 is 31.2 Å². The zero-order chi connectivity index (χ0) is 27.6. The number of hydrogen-bond acceptors (Lipinski definition) is 7. The van der Waals surface area contributed by atoms with E-state index in [0.29, 0.717) is 25.2 Å². The van der Waals surface area contributed by atoms with Crippen molar-refractivity contribution in [2.75, 3.05) is 23.8 Å². The van der Waals surface area contributed by atoms with Gasteiger partial charge in [-0.2, -0.15) is 4.98 Å². The van der Waals surface area contributed by atoms with Gasteiger partial charge in [0.05, 0.1) is 26.3 Å². The minimum Gasteiger partial charge on any atom is -0.393 e. The highest BCUT2D eigenvalue weighted by Crippen LogP contribution is 2.32. The molecule has 1 aromatic carbocycles. The van der Waals surface area contributed by atoms with Crippen LogP contribution in [0.5, 0.6) is 0 Å². The predicted molar refractivity (Wildman–Crippen MR) is 111 cm³/mol. The van der Waals surface area contributed by atoms with Gasteiger partial charge in [-0.05, 0) is 32.0 Å². The van der Waals surface area contributed by atoms with Gasteiger partial charge in [0.25, 0.3) is 0 Å². The Bertz CT molecular complexity index is 1350. The number of imidazole rings is 1. The second-order valence-electron chi connectivity index (χ2n) is 7.31. The minimum absolute atomic E-state index is 0.0329. The predicted octanol–water partition coefficient (Wildman–Crippen LogP) is 3.66. The molecule has 0 radical (unpaired) electrons. The summed E-state index contributed by atoms with van der Waals surface area (Å²) in [6.07, 6.45) is -9.17. The molecule has 170 valence electrons. The van der Waals surface area contributed by atoms with Gasteiger partial charge in [0.2, 0.25) is 11.9 Å². The normalized spacial score (nSPS) is 37.1. The van der Waals surface area contributed by atoms with E-state index in [0.717, 1.165) is 0 Å². The number of anilines is 3. The molecule has 2 aromatic heterocycles. The molecular formula is C21H23F3N6O2. The van der Waals surface area contributed by atoms with E-state index in [1.54, 1.807) is 0 Å². The summed E-state index contributed by atoms with van der Waals surface area (Å²) in [6.45, 7) is 0.623. The SMILES string of the molecule is [2H]C1C(Nc2ncc3nc(Nc4c(F)cc(F)cc4F)n(C4CCOC4)c3n2)C([2H])([2H])C([2H])C([2H])(O)C1[2H]. The van der Waals surface area contributed by atoms with E-state index in [1.807, 2.05) is 0 Å². The maximum atomic E-state index is 14.4. The third-order valence-electron chi connectivity index (χ3n) is 5.10. The summed E-state index contributed by atoms with van der Waals surface area (Å²) in [7, 11) is 0. The summed E-state index contributed by atoms with van der Waals surface area (Å²) < 4.78 is 97.7. The fourth-order valence-electron chi connectivity index (χ4n) is 3.60. The Morgan fingerprint density at radius 3 is 2.75 bits per heavy atom. The number of hydrogen-bond donors (Lipinski definition) is 3. The van der Waals surface area contributed by atoms with Crippen LogP contribution in [0.1, 0.15) is 46.3 Å². The Balaban J connectivity index is 1.54. The molecule has 6 atom stereocenters. The third kappa shape index (κ3) is 4.09. The highest BCUT2D eigenvalue weighted by atomic mass is 19.1. The van der Waals surface area contributed by atoms with E-state index < -0.39 is 60.8 Å². The molecule has 1 saturated heterocycles. The molecule has 5 rings (SSSR count). The zero-order valence-electron chi connectivity index (χ0n) is 22.5. The Morgan fingerprint density at radius 2 is 2.00 bits per heavy atom. The summed E-state index contributed by atoms with van der Waals surface area (Å²) in [6, 6.07) is -0.853. The Hall–Kier alpha value is -2.92. The first-order chi connectivity index (χ1) is 17.8. The number of aliphatic hydroxyl groups is 1. The number of nitrogens with one attached hydrogen (secondary N) is 2. The van der Waals surface area contributed by atoms with E-state index in [1.165, 1.54) is 10.8 Å². The van der Waals surface area contributed by atoms with Gasteiger partial charge in [-0.3, -0.25) is 4.57 Å². The second-order valence-corrected chi connectivity index (χ2v) is 7.31. The third-order valence-corrected chi connectivity index (χ3v) is 5.10. The largest absolute Gasteiger partial charge is 0.393 e. The molecule has 3 N–H and O–H groups in total. The lowest BCUT2D eigenvalue weighted by Gasteiger charge is -2.26. The molecule has 2 aliphatic rings. The van der Waals surface area contributed by atoms with Crippen LogP contribution in [0.2, 0.25) is 0 Å². The fourth-order valence-corrected chi connectivity index (χ4v) is 3.60. The van der Waals surface area contributed by atoms with E-state index in [-0.39, 0.29) is 35.7 Å². The smallest absolute Gasteiger partial charge is 0.224 e. The molecule has 2 fully saturated rings. The molecule has 3 aromatic rings. The average Bonchev–Trinajstić information content (AvgIpc) is 3.49. The summed E-state index contributed by atoms with van der Waals surface area (Å²) in [5.74, 6) is -3.67. The minimum atomic E-state index is -2.80. The van der Waals surface area contributed by atoms with Gasteiger partial charge < -0.3 is 20.5 Å². The topological polar surface area (TPSA) is 97.1 Å². The molecule has 3 heterocycles. The number of benzene rings is 1. The highest BCUT2D eigenvalue weighted by Gasteiger charge is 2.27. The van der Waals surface area contributed by atoms with E-state index in [9.17, 15) is 18.3 Å². The summed E-state index contributed by atoms with van der Waals surface area (Å²) in [5.41, 5.74) is -0.270. The molecular weight excluding hydrogens is 425 g/mol. The standard InChI is InChI=1S/C21H23F3N6O2/c22-11-7-15(23)18(16(24)8-11)28-21-27-17-9-25-20(26-12-1-3-14(31)4-2-12)29-19(17)30(21)13-5-6-32-10-13/h7-9,12-14,31H,1-6,10H2,(H,27,28)(H,25,26,29)/i1D,2D2,3D,4D,14D. The van der Waals surface area contributed by atoms with Gasteiger partial charge >= 0.3 is 0 Å². The second kappa shape index (κ2) is 8.55. The van der Waals surface area contributed by atoms with Crippen LogP contribution >= 0.6 is 0 Å². The summed E-state index contributed by atoms with van der Waals surface area (Å²) in [5, 5.41) is 15.3. The molecule has 11 heteroatoms. The number of ether oxygens (including phenoxy) is 1. The van der Waals surface area contributed by atoms with Crippen molar-refractivity contribution in [2.24, 2.45) is 0 Å². The van der Waals surface area contributed by atoms with Crippen molar-refractivity contribution in [2.45, 2.75) is 50.1 Å². The highest BCUT2D eigenvalue weighted by molar-refractivity contribution is 5.76. The summed E-state index contributed by atoms with van der Waals surface area (Å²) in [4.78, 5) is 12.8. The lowest BCUT2D eigenvalue weighted by atomic mass is 9.93. The van der Waals surface area contributed by atoms with Crippen LogP contribution < -0.4 is 10.6 Å². The van der Waals surface area contributed by atoms with Crippen molar-refractivity contribution in [1.82, 2.24) is 19.5 Å². The molecule has 6 unspecified atom stereocenters. The van der Waals surface area contributed by atoms with Crippen molar-refractivity contribution >= 4 is 28.7 Å². The first-order valence-corrected chi connectivity index (χ1v) is 9.82. The average molecular weight is 454 g/mol.